The lowest BCUT2D eigenvalue weighted by atomic mass is 9.83. The highest BCUT2D eigenvalue weighted by Gasteiger charge is 2.57. The molecule has 0 radical (unpaired) electrons. The van der Waals surface area contributed by atoms with Crippen LogP contribution in [0.5, 0.6) is 11.5 Å². The van der Waals surface area contributed by atoms with E-state index in [2.05, 4.69) is 0 Å². The predicted molar refractivity (Wildman–Crippen MR) is 154 cm³/mol. The van der Waals surface area contributed by atoms with Crippen LogP contribution in [0.1, 0.15) is 21.9 Å². The number of carbonyl (C=O) groups is 3. The SMILES string of the molecule is COc1ccc([C@@H]2c3sc(=O)n(CC(=O)N4CCOCC4)c3S[C@H]3C(=O)N(c4ccc(C)cc4)C(=O)[C@@H]23)cc1OC. The van der Waals surface area contributed by atoms with Gasteiger partial charge in [-0.05, 0) is 36.8 Å². The Labute approximate surface area is 244 Å². The van der Waals surface area contributed by atoms with E-state index >= 15 is 0 Å². The van der Waals surface area contributed by atoms with Gasteiger partial charge in [-0.1, -0.05) is 46.9 Å². The lowest BCUT2D eigenvalue weighted by molar-refractivity contribution is -0.136. The van der Waals surface area contributed by atoms with Gasteiger partial charge < -0.3 is 19.1 Å². The summed E-state index contributed by atoms with van der Waals surface area (Å²) < 4.78 is 17.8. The van der Waals surface area contributed by atoms with Crippen LogP contribution in [0.25, 0.3) is 0 Å². The van der Waals surface area contributed by atoms with Crippen LogP contribution >= 0.6 is 23.1 Å². The summed E-state index contributed by atoms with van der Waals surface area (Å²) in [4.78, 5) is 57.8. The second kappa shape index (κ2) is 11.0. The zero-order valence-corrected chi connectivity index (χ0v) is 24.5. The Morgan fingerprint density at radius 3 is 2.37 bits per heavy atom. The van der Waals surface area contributed by atoms with Gasteiger partial charge in [0.2, 0.25) is 17.7 Å². The van der Waals surface area contributed by atoms with Gasteiger partial charge in [0.25, 0.3) is 0 Å². The van der Waals surface area contributed by atoms with Crippen LogP contribution in [0.3, 0.4) is 0 Å². The molecule has 0 bridgehead atoms. The van der Waals surface area contributed by atoms with E-state index < -0.39 is 17.1 Å². The lowest BCUT2D eigenvalue weighted by Gasteiger charge is -2.31. The zero-order valence-electron chi connectivity index (χ0n) is 22.8. The van der Waals surface area contributed by atoms with E-state index in [-0.39, 0.29) is 29.1 Å². The van der Waals surface area contributed by atoms with Crippen LogP contribution < -0.4 is 19.2 Å². The summed E-state index contributed by atoms with van der Waals surface area (Å²) in [7, 11) is 3.07. The lowest BCUT2D eigenvalue weighted by Crippen LogP contribution is -2.43. The molecule has 0 N–H and O–H groups in total. The Bertz CT molecular complexity index is 1580. The Balaban J connectivity index is 1.46. The minimum atomic E-state index is -0.770. The fourth-order valence-electron chi connectivity index (χ4n) is 5.66. The number of hydrogen-bond donors (Lipinski definition) is 0. The number of methoxy groups -OCH3 is 2. The van der Waals surface area contributed by atoms with E-state index in [0.717, 1.165) is 22.5 Å². The number of rotatable bonds is 6. The zero-order chi connectivity index (χ0) is 28.8. The number of anilines is 1. The van der Waals surface area contributed by atoms with Crippen molar-refractivity contribution >= 4 is 46.5 Å². The Morgan fingerprint density at radius 2 is 1.68 bits per heavy atom. The highest BCUT2D eigenvalue weighted by Crippen LogP contribution is 2.54. The second-order valence-electron chi connectivity index (χ2n) is 10.1. The Morgan fingerprint density at radius 1 is 0.976 bits per heavy atom. The minimum absolute atomic E-state index is 0.141. The summed E-state index contributed by atoms with van der Waals surface area (Å²) in [5, 5.41) is -0.220. The molecule has 3 aliphatic rings. The summed E-state index contributed by atoms with van der Waals surface area (Å²) in [6.45, 7) is 3.63. The number of benzene rings is 2. The van der Waals surface area contributed by atoms with Crippen LogP contribution in [-0.2, 0) is 25.7 Å². The van der Waals surface area contributed by atoms with E-state index in [1.807, 2.05) is 25.1 Å². The third-order valence-corrected chi connectivity index (χ3v) is 10.4. The van der Waals surface area contributed by atoms with Gasteiger partial charge in [-0.2, -0.15) is 0 Å². The van der Waals surface area contributed by atoms with Gasteiger partial charge in [-0.15, -0.1) is 0 Å². The molecule has 3 aliphatic heterocycles. The molecule has 0 aliphatic carbocycles. The van der Waals surface area contributed by atoms with E-state index in [9.17, 15) is 19.2 Å². The molecule has 2 fully saturated rings. The summed E-state index contributed by atoms with van der Waals surface area (Å²) in [6, 6.07) is 12.6. The fourth-order valence-corrected chi connectivity index (χ4v) is 8.43. The van der Waals surface area contributed by atoms with Crippen molar-refractivity contribution in [3.8, 4) is 11.5 Å². The number of thioether (sulfide) groups is 1. The smallest absolute Gasteiger partial charge is 0.308 e. The van der Waals surface area contributed by atoms with Crippen molar-refractivity contribution in [1.29, 1.82) is 0 Å². The summed E-state index contributed by atoms with van der Waals surface area (Å²) >= 11 is 2.22. The number of imide groups is 1. The normalized spacial score (nSPS) is 22.0. The summed E-state index contributed by atoms with van der Waals surface area (Å²) in [5.41, 5.74) is 2.24. The number of ether oxygens (including phenoxy) is 3. The van der Waals surface area contributed by atoms with Gasteiger partial charge in [-0.25, -0.2) is 4.90 Å². The average molecular weight is 596 g/mol. The number of thiazole rings is 1. The molecule has 2 saturated heterocycles. The maximum atomic E-state index is 14.1. The van der Waals surface area contributed by atoms with E-state index in [1.54, 1.807) is 36.3 Å². The highest BCUT2D eigenvalue weighted by molar-refractivity contribution is 8.00. The third-order valence-electron chi connectivity index (χ3n) is 7.77. The molecular weight excluding hydrogens is 566 g/mol. The van der Waals surface area contributed by atoms with E-state index in [0.29, 0.717) is 53.4 Å². The number of nitrogens with zero attached hydrogens (tertiary/aromatic N) is 3. The first kappa shape index (κ1) is 27.6. The molecule has 3 aromatic rings. The Hall–Kier alpha value is -3.61. The molecule has 214 valence electrons. The number of aromatic nitrogens is 1. The molecule has 4 heterocycles. The quantitative estimate of drug-likeness (QED) is 0.401. The van der Waals surface area contributed by atoms with Gasteiger partial charge in [0.15, 0.2) is 11.5 Å². The first-order valence-corrected chi connectivity index (χ1v) is 14.9. The number of hydrogen-bond acceptors (Lipinski definition) is 9. The number of amides is 3. The molecule has 0 unspecified atom stereocenters. The standard InChI is InChI=1S/C29H29N3O7S2/c1-16-4-7-18(8-5-16)32-26(34)23-22(17-6-9-19(37-2)20(14-17)38-3)25-28(40-24(23)27(32)35)31(29(36)41-25)15-21(33)30-10-12-39-13-11-30/h4-9,14,22-24H,10-13,15H2,1-3H3/t22-,23-,24+/m0/s1. The molecule has 2 aromatic carbocycles. The molecule has 10 nitrogen and oxygen atoms in total. The van der Waals surface area contributed by atoms with Crippen molar-refractivity contribution in [2.24, 2.45) is 5.92 Å². The number of morpholine rings is 1. The highest BCUT2D eigenvalue weighted by atomic mass is 32.2. The van der Waals surface area contributed by atoms with Crippen LogP contribution in [-0.4, -0.2) is 73.0 Å². The molecule has 0 spiro atoms. The monoisotopic (exact) mass is 595 g/mol. The van der Waals surface area contributed by atoms with Gasteiger partial charge >= 0.3 is 4.87 Å². The van der Waals surface area contributed by atoms with Gasteiger partial charge in [0, 0.05) is 23.9 Å². The topological polar surface area (TPSA) is 107 Å². The third kappa shape index (κ3) is 4.73. The van der Waals surface area contributed by atoms with Gasteiger partial charge in [-0.3, -0.25) is 23.7 Å². The van der Waals surface area contributed by atoms with Crippen LogP contribution in [0.2, 0.25) is 0 Å². The summed E-state index contributed by atoms with van der Waals surface area (Å²) in [5.74, 6) is -1.19. The van der Waals surface area contributed by atoms with Crippen molar-refractivity contribution in [3.05, 3.63) is 68.1 Å². The molecule has 3 atom stereocenters. The maximum Gasteiger partial charge on any atom is 0.308 e. The van der Waals surface area contributed by atoms with Crippen molar-refractivity contribution in [2.75, 3.05) is 45.4 Å². The number of aryl methyl sites for hydroxylation is 1. The second-order valence-corrected chi connectivity index (χ2v) is 12.2. The molecule has 41 heavy (non-hydrogen) atoms. The van der Waals surface area contributed by atoms with Crippen LogP contribution in [0.15, 0.2) is 52.3 Å². The molecule has 6 rings (SSSR count). The van der Waals surface area contributed by atoms with Crippen molar-refractivity contribution in [1.82, 2.24) is 9.47 Å². The van der Waals surface area contributed by atoms with Gasteiger partial charge in [0.05, 0.1) is 44.1 Å². The van der Waals surface area contributed by atoms with Gasteiger partial charge in [0.1, 0.15) is 11.8 Å². The molecular formula is C29H29N3O7S2. The number of fused-ring (bicyclic) bond motifs is 2. The largest absolute Gasteiger partial charge is 0.493 e. The number of carbonyl (C=O) groups excluding carboxylic acids is 3. The van der Waals surface area contributed by atoms with Crippen molar-refractivity contribution in [2.45, 2.75) is 29.7 Å². The Kier molecular flexibility index (Phi) is 7.39. The van der Waals surface area contributed by atoms with Crippen LogP contribution in [0.4, 0.5) is 5.69 Å². The first-order valence-electron chi connectivity index (χ1n) is 13.2. The molecule has 3 amide bonds. The maximum absolute atomic E-state index is 14.1. The van der Waals surface area contributed by atoms with Crippen molar-refractivity contribution in [3.63, 3.8) is 0 Å². The minimum Gasteiger partial charge on any atom is -0.493 e. The van der Waals surface area contributed by atoms with Crippen molar-refractivity contribution < 1.29 is 28.6 Å². The van der Waals surface area contributed by atoms with E-state index in [1.165, 1.54) is 28.3 Å². The predicted octanol–water partition coefficient (Wildman–Crippen LogP) is 2.89. The first-order chi connectivity index (χ1) is 19.8. The van der Waals surface area contributed by atoms with Crippen LogP contribution in [0, 0.1) is 12.8 Å². The summed E-state index contributed by atoms with van der Waals surface area (Å²) in [6.07, 6.45) is 0. The molecule has 12 heteroatoms. The molecule has 0 saturated carbocycles. The van der Waals surface area contributed by atoms with E-state index in [4.69, 9.17) is 14.2 Å². The fraction of sp³-hybridized carbons (Fsp3) is 0.379. The molecule has 1 aromatic heterocycles. The average Bonchev–Trinajstić information content (AvgIpc) is 3.43.